The molecule has 0 aromatic heterocycles. The molecule has 6 nitrogen and oxygen atoms in total. The Labute approximate surface area is 113 Å². The van der Waals surface area contributed by atoms with Crippen molar-refractivity contribution >= 4 is 66.5 Å². The minimum atomic E-state index is -1.08. The molecule has 4 N–H and O–H groups in total. The van der Waals surface area contributed by atoms with Crippen LogP contribution in [-0.2, 0) is 9.59 Å². The van der Waals surface area contributed by atoms with E-state index in [4.69, 9.17) is 19.8 Å². The summed E-state index contributed by atoms with van der Waals surface area (Å²) in [5.74, 6) is -2.17. The normalized spacial score (nSPS) is 4.17. The van der Waals surface area contributed by atoms with E-state index in [1.54, 1.807) is 0 Å². The molecule has 0 amide bonds. The van der Waals surface area contributed by atoms with Crippen LogP contribution in [0.5, 0.6) is 0 Å². The zero-order chi connectivity index (χ0) is 7.15. The monoisotopic (exact) mass is 574 g/mol. The van der Waals surface area contributed by atoms with Gasteiger partial charge in [-0.05, 0) is 13.8 Å². The first-order chi connectivity index (χ1) is 3.46. The predicted molar refractivity (Wildman–Crippen MR) is 44.3 cm³/mol. The Morgan fingerprint density at radius 2 is 1.00 bits per heavy atom. The summed E-state index contributed by atoms with van der Waals surface area (Å²) in [6, 6.07) is 0. The van der Waals surface area contributed by atoms with Crippen molar-refractivity contribution in [3.8, 4) is 0 Å². The fourth-order valence-corrected chi connectivity index (χ4v) is 0. The van der Waals surface area contributed by atoms with Gasteiger partial charge in [0.25, 0.3) is 0 Å². The summed E-state index contributed by atoms with van der Waals surface area (Å²) in [6.07, 6.45) is 0. The summed E-state index contributed by atoms with van der Waals surface area (Å²) in [5.41, 5.74) is 0. The Kier molecular flexibility index (Phi) is 96.3. The quantitative estimate of drug-likeness (QED) is 0.270. The van der Waals surface area contributed by atoms with E-state index in [1.807, 2.05) is 0 Å². The van der Waals surface area contributed by atoms with E-state index in [0.29, 0.717) is 0 Å². The molecule has 0 bridgehead atoms. The topological polar surface area (TPSA) is 143 Å². The van der Waals surface area contributed by atoms with Gasteiger partial charge in [-0.15, -0.1) is 0 Å². The summed E-state index contributed by atoms with van der Waals surface area (Å²) in [4.78, 5) is 17.8. The van der Waals surface area contributed by atoms with E-state index < -0.39 is 11.9 Å². The molecule has 0 aliphatic carbocycles. The number of hydrogen-bond donors (Lipinski definition) is 0. The standard InChI is InChI=1S/2C2H4O2.2H2O.2Pb.2H2/c2*1-2(3)4;;;;;;/h2*1H3,(H,3,4);2*1H2;;;2*1H/q;;;;;+2;;/p-2. The van der Waals surface area contributed by atoms with E-state index in [0.717, 1.165) is 13.8 Å². The third-order valence-corrected chi connectivity index (χ3v) is 0. The van der Waals surface area contributed by atoms with Gasteiger partial charge in [0.1, 0.15) is 0 Å². The summed E-state index contributed by atoms with van der Waals surface area (Å²) >= 11 is 0. The van der Waals surface area contributed by atoms with Crippen LogP contribution in [0.25, 0.3) is 0 Å². The summed E-state index contributed by atoms with van der Waals surface area (Å²) in [6.45, 7) is 1.94. The first-order valence-corrected chi connectivity index (χ1v) is 1.82. The van der Waals surface area contributed by atoms with Crippen LogP contribution in [0.2, 0.25) is 0 Å². The maximum Gasteiger partial charge on any atom is 2.00 e. The van der Waals surface area contributed by atoms with Gasteiger partial charge >= 0.3 is 27.3 Å². The molecule has 12 heavy (non-hydrogen) atoms. The smallest absolute Gasteiger partial charge is 0.550 e. The van der Waals surface area contributed by atoms with E-state index in [2.05, 4.69) is 0 Å². The maximum absolute atomic E-state index is 8.89. The molecular weight excluding hydrogens is 558 g/mol. The molecular formula is C4H14O6Pb2. The molecule has 0 saturated carbocycles. The Balaban J connectivity index is -0.00000000600. The van der Waals surface area contributed by atoms with Crippen molar-refractivity contribution in [3.63, 3.8) is 0 Å². The average Bonchev–Trinajstić information content (AvgIpc) is 1.25. The van der Waals surface area contributed by atoms with E-state index in [-0.39, 0.29) is 68.4 Å². The number of carboxylic acid groups (broad SMARTS) is 2. The van der Waals surface area contributed by atoms with Crippen molar-refractivity contribution in [2.75, 3.05) is 0 Å². The Bertz CT molecular complexity index is 83.8. The minimum absolute atomic E-state index is 0. The number of aliphatic carboxylic acids is 2. The minimum Gasteiger partial charge on any atom is -0.550 e. The number of hydrogen-bond acceptors (Lipinski definition) is 4. The van der Waals surface area contributed by atoms with Crippen LogP contribution < -0.4 is 10.2 Å². The van der Waals surface area contributed by atoms with Crippen LogP contribution in [0, 0.1) is 0 Å². The van der Waals surface area contributed by atoms with Crippen LogP contribution in [0.1, 0.15) is 16.7 Å². The van der Waals surface area contributed by atoms with E-state index >= 15 is 0 Å². The van der Waals surface area contributed by atoms with Crippen molar-refractivity contribution in [1.29, 1.82) is 0 Å². The number of carbonyl (C=O) groups excluding carboxylic acids is 2. The fourth-order valence-electron chi connectivity index (χ4n) is 0. The first kappa shape index (κ1) is 38.7. The second kappa shape index (κ2) is 29.8. The van der Waals surface area contributed by atoms with Crippen LogP contribution in [-0.4, -0.2) is 77.5 Å². The Hall–Kier alpha value is 0.704. The van der Waals surface area contributed by atoms with Crippen LogP contribution in [0.3, 0.4) is 0 Å². The number of carbonyl (C=O) groups is 2. The molecule has 8 heteroatoms. The van der Waals surface area contributed by atoms with Gasteiger partial charge in [0, 0.05) is 42.1 Å². The van der Waals surface area contributed by atoms with Gasteiger partial charge < -0.3 is 30.8 Å². The van der Waals surface area contributed by atoms with Crippen molar-refractivity contribution < 1.29 is 33.6 Å². The largest absolute Gasteiger partial charge is 2.00 e. The molecule has 0 saturated heterocycles. The Morgan fingerprint density at radius 3 is 1.00 bits per heavy atom. The second-order valence-corrected chi connectivity index (χ2v) is 0.983. The third kappa shape index (κ3) is 2030. The van der Waals surface area contributed by atoms with Gasteiger partial charge in [-0.25, -0.2) is 0 Å². The molecule has 0 unspecified atom stereocenters. The summed E-state index contributed by atoms with van der Waals surface area (Å²) < 4.78 is 0. The maximum atomic E-state index is 8.89. The van der Waals surface area contributed by atoms with E-state index in [9.17, 15) is 0 Å². The molecule has 0 aromatic rings. The molecule has 0 rings (SSSR count). The molecule has 0 spiro atoms. The molecule has 0 atom stereocenters. The molecule has 0 heterocycles. The molecule has 0 aromatic carbocycles. The zero-order valence-corrected chi connectivity index (χ0v) is 14.4. The summed E-state index contributed by atoms with van der Waals surface area (Å²) in [5, 5.41) is 17.8. The summed E-state index contributed by atoms with van der Waals surface area (Å²) in [7, 11) is 0. The molecule has 0 fully saturated rings. The number of carboxylic acids is 2. The van der Waals surface area contributed by atoms with Gasteiger partial charge in [0.2, 0.25) is 0 Å². The zero-order valence-electron chi connectivity index (χ0n) is 6.63. The molecule has 74 valence electrons. The van der Waals surface area contributed by atoms with Gasteiger partial charge in [0.15, 0.2) is 0 Å². The van der Waals surface area contributed by atoms with E-state index in [1.165, 1.54) is 0 Å². The molecule has 6 radical (unpaired) electrons. The van der Waals surface area contributed by atoms with Gasteiger partial charge in [-0.2, -0.15) is 0 Å². The van der Waals surface area contributed by atoms with Crippen molar-refractivity contribution in [2.24, 2.45) is 0 Å². The van der Waals surface area contributed by atoms with Gasteiger partial charge in [-0.1, -0.05) is 0 Å². The first-order valence-electron chi connectivity index (χ1n) is 1.82. The van der Waals surface area contributed by atoms with Crippen LogP contribution >= 0.6 is 0 Å². The van der Waals surface area contributed by atoms with Crippen LogP contribution in [0.4, 0.5) is 0 Å². The molecule has 0 aliphatic rings. The van der Waals surface area contributed by atoms with Crippen LogP contribution in [0.15, 0.2) is 0 Å². The van der Waals surface area contributed by atoms with Gasteiger partial charge in [-0.3, -0.25) is 0 Å². The SMILES string of the molecule is CC(=O)[O-].CC(=O)[O-].O.O.[HH].[HH].[Pb+2].[Pb]. The van der Waals surface area contributed by atoms with Crippen molar-refractivity contribution in [1.82, 2.24) is 0 Å². The molecule has 0 aliphatic heterocycles. The van der Waals surface area contributed by atoms with Crippen molar-refractivity contribution in [3.05, 3.63) is 0 Å². The average molecular weight is 573 g/mol. The van der Waals surface area contributed by atoms with Crippen molar-refractivity contribution in [2.45, 2.75) is 13.8 Å². The Morgan fingerprint density at radius 1 is 1.00 bits per heavy atom. The van der Waals surface area contributed by atoms with Gasteiger partial charge in [0.05, 0.1) is 0 Å². The predicted octanol–water partition coefficient (Wildman–Crippen LogP) is -4.41. The number of rotatable bonds is 0. The second-order valence-electron chi connectivity index (χ2n) is 0.983. The fraction of sp³-hybridized carbons (Fsp3) is 0.500. The third-order valence-electron chi connectivity index (χ3n) is 0.